The van der Waals surface area contributed by atoms with Crippen LogP contribution in [0, 0.1) is 0 Å². The van der Waals surface area contributed by atoms with Gasteiger partial charge in [-0.15, -0.1) is 0 Å². The standard InChI is InChI=1S/C9H22N2O3S/c1-8(2)11(4)15(13,14)10-9(3)6-5-7-12/h8-10,12H,5-7H2,1-4H3. The highest BCUT2D eigenvalue weighted by Gasteiger charge is 2.21. The Hall–Kier alpha value is -0.170. The molecule has 0 aromatic rings. The molecule has 0 aliphatic rings. The molecule has 2 N–H and O–H groups in total. The van der Waals surface area contributed by atoms with Crippen molar-refractivity contribution < 1.29 is 13.5 Å². The van der Waals surface area contributed by atoms with E-state index in [4.69, 9.17) is 5.11 Å². The molecule has 0 fully saturated rings. The van der Waals surface area contributed by atoms with Gasteiger partial charge in [-0.05, 0) is 33.6 Å². The molecule has 0 radical (unpaired) electrons. The van der Waals surface area contributed by atoms with Crippen molar-refractivity contribution in [2.24, 2.45) is 0 Å². The first-order valence-corrected chi connectivity index (χ1v) is 6.61. The summed E-state index contributed by atoms with van der Waals surface area (Å²) in [5, 5.41) is 8.62. The number of rotatable bonds is 7. The smallest absolute Gasteiger partial charge is 0.279 e. The van der Waals surface area contributed by atoms with Gasteiger partial charge in [-0.1, -0.05) is 0 Å². The van der Waals surface area contributed by atoms with Crippen molar-refractivity contribution in [3.05, 3.63) is 0 Å². The normalized spacial score (nSPS) is 14.9. The average Bonchev–Trinajstić information content (AvgIpc) is 2.12. The molecule has 6 heteroatoms. The number of nitrogens with one attached hydrogen (secondary N) is 1. The maximum Gasteiger partial charge on any atom is 0.279 e. The van der Waals surface area contributed by atoms with Crippen LogP contribution in [0.15, 0.2) is 0 Å². The Labute approximate surface area is 92.7 Å². The van der Waals surface area contributed by atoms with E-state index in [1.807, 2.05) is 13.8 Å². The summed E-state index contributed by atoms with van der Waals surface area (Å²) in [6.07, 6.45) is 1.25. The molecule has 0 amide bonds. The van der Waals surface area contributed by atoms with Crippen molar-refractivity contribution in [2.75, 3.05) is 13.7 Å². The molecule has 0 aliphatic heterocycles. The van der Waals surface area contributed by atoms with Crippen LogP contribution < -0.4 is 4.72 Å². The van der Waals surface area contributed by atoms with Gasteiger partial charge in [-0.25, -0.2) is 0 Å². The fourth-order valence-electron chi connectivity index (χ4n) is 1.07. The van der Waals surface area contributed by atoms with Gasteiger partial charge in [0.05, 0.1) is 0 Å². The number of aliphatic hydroxyl groups is 1. The Morgan fingerprint density at radius 2 is 1.87 bits per heavy atom. The van der Waals surface area contributed by atoms with Gasteiger partial charge in [0, 0.05) is 25.7 Å². The predicted molar refractivity (Wildman–Crippen MR) is 60.7 cm³/mol. The minimum atomic E-state index is -3.39. The SMILES string of the molecule is CC(CCCO)NS(=O)(=O)N(C)C(C)C. The monoisotopic (exact) mass is 238 g/mol. The molecule has 92 valence electrons. The van der Waals surface area contributed by atoms with Crippen LogP contribution in [0.1, 0.15) is 33.6 Å². The lowest BCUT2D eigenvalue weighted by Crippen LogP contribution is -2.45. The van der Waals surface area contributed by atoms with Crippen LogP contribution >= 0.6 is 0 Å². The molecule has 1 unspecified atom stereocenters. The van der Waals surface area contributed by atoms with Crippen molar-refractivity contribution >= 4 is 10.2 Å². The second kappa shape index (κ2) is 6.42. The molecule has 0 aromatic heterocycles. The molecule has 0 saturated carbocycles. The summed E-state index contributed by atoms with van der Waals surface area (Å²) in [6.45, 7) is 5.52. The first-order valence-electron chi connectivity index (χ1n) is 5.17. The van der Waals surface area contributed by atoms with Gasteiger partial charge in [0.1, 0.15) is 0 Å². The van der Waals surface area contributed by atoms with E-state index in [1.165, 1.54) is 4.31 Å². The van der Waals surface area contributed by atoms with E-state index in [1.54, 1.807) is 14.0 Å². The van der Waals surface area contributed by atoms with Gasteiger partial charge in [0.2, 0.25) is 0 Å². The van der Waals surface area contributed by atoms with Crippen molar-refractivity contribution in [1.82, 2.24) is 9.03 Å². The van der Waals surface area contributed by atoms with Crippen LogP contribution in [0.5, 0.6) is 0 Å². The summed E-state index contributed by atoms with van der Waals surface area (Å²) >= 11 is 0. The van der Waals surface area contributed by atoms with Gasteiger partial charge < -0.3 is 5.11 Å². The number of nitrogens with zero attached hydrogens (tertiary/aromatic N) is 1. The highest BCUT2D eigenvalue weighted by atomic mass is 32.2. The molecule has 5 nitrogen and oxygen atoms in total. The van der Waals surface area contributed by atoms with E-state index < -0.39 is 10.2 Å². The van der Waals surface area contributed by atoms with Crippen LogP contribution in [0.4, 0.5) is 0 Å². The van der Waals surface area contributed by atoms with E-state index in [9.17, 15) is 8.42 Å². The van der Waals surface area contributed by atoms with Gasteiger partial charge in [-0.3, -0.25) is 0 Å². The van der Waals surface area contributed by atoms with E-state index in [0.29, 0.717) is 12.8 Å². The van der Waals surface area contributed by atoms with Crippen LogP contribution in [-0.4, -0.2) is 43.6 Å². The molecule has 0 saturated heterocycles. The van der Waals surface area contributed by atoms with E-state index in [2.05, 4.69) is 4.72 Å². The quantitative estimate of drug-likeness (QED) is 0.671. The van der Waals surface area contributed by atoms with Gasteiger partial charge >= 0.3 is 0 Å². The summed E-state index contributed by atoms with van der Waals surface area (Å²) in [6, 6.07) is -0.212. The lowest BCUT2D eigenvalue weighted by atomic mass is 10.2. The zero-order valence-electron chi connectivity index (χ0n) is 9.90. The minimum absolute atomic E-state index is 0.0625. The average molecular weight is 238 g/mol. The summed E-state index contributed by atoms with van der Waals surface area (Å²) in [5.41, 5.74) is 0. The highest BCUT2D eigenvalue weighted by molar-refractivity contribution is 7.87. The van der Waals surface area contributed by atoms with Gasteiger partial charge in [0.25, 0.3) is 10.2 Å². The van der Waals surface area contributed by atoms with Crippen molar-refractivity contribution in [2.45, 2.75) is 45.7 Å². The second-order valence-electron chi connectivity index (χ2n) is 4.00. The minimum Gasteiger partial charge on any atom is -0.396 e. The molecule has 0 aliphatic carbocycles. The molecule has 0 spiro atoms. The molecule has 0 heterocycles. The van der Waals surface area contributed by atoms with E-state index >= 15 is 0 Å². The molecular formula is C9H22N2O3S. The fraction of sp³-hybridized carbons (Fsp3) is 1.00. The van der Waals surface area contributed by atoms with Gasteiger partial charge in [-0.2, -0.15) is 17.4 Å². The molecule has 15 heavy (non-hydrogen) atoms. The van der Waals surface area contributed by atoms with Crippen LogP contribution in [-0.2, 0) is 10.2 Å². The highest BCUT2D eigenvalue weighted by Crippen LogP contribution is 2.04. The zero-order valence-corrected chi connectivity index (χ0v) is 10.7. The Morgan fingerprint density at radius 1 is 1.33 bits per heavy atom. The fourth-order valence-corrected chi connectivity index (χ4v) is 2.42. The van der Waals surface area contributed by atoms with Gasteiger partial charge in [0.15, 0.2) is 0 Å². The van der Waals surface area contributed by atoms with Crippen LogP contribution in [0.25, 0.3) is 0 Å². The first-order chi connectivity index (χ1) is 6.81. The zero-order chi connectivity index (χ0) is 12.1. The van der Waals surface area contributed by atoms with Crippen LogP contribution in [0.2, 0.25) is 0 Å². The Balaban J connectivity index is 4.25. The molecule has 0 bridgehead atoms. The van der Waals surface area contributed by atoms with Crippen molar-refractivity contribution in [3.8, 4) is 0 Å². The lowest BCUT2D eigenvalue weighted by molar-refractivity contribution is 0.278. The number of hydrogen-bond acceptors (Lipinski definition) is 3. The molecule has 0 rings (SSSR count). The maximum absolute atomic E-state index is 11.7. The topological polar surface area (TPSA) is 69.6 Å². The first kappa shape index (κ1) is 14.8. The van der Waals surface area contributed by atoms with Crippen LogP contribution in [0.3, 0.4) is 0 Å². The Morgan fingerprint density at radius 3 is 2.27 bits per heavy atom. The number of hydrogen-bond donors (Lipinski definition) is 2. The third kappa shape index (κ3) is 5.46. The molecule has 0 aromatic carbocycles. The van der Waals surface area contributed by atoms with Crippen molar-refractivity contribution in [3.63, 3.8) is 0 Å². The lowest BCUT2D eigenvalue weighted by Gasteiger charge is -2.23. The third-order valence-electron chi connectivity index (χ3n) is 2.25. The predicted octanol–water partition coefficient (Wildman–Crippen LogP) is 0.322. The summed E-state index contributed by atoms with van der Waals surface area (Å²) < 4.78 is 27.2. The van der Waals surface area contributed by atoms with E-state index in [0.717, 1.165) is 0 Å². The number of aliphatic hydroxyl groups excluding tert-OH is 1. The Kier molecular flexibility index (Phi) is 6.35. The molecule has 1 atom stereocenters. The summed E-state index contributed by atoms with van der Waals surface area (Å²) in [4.78, 5) is 0. The maximum atomic E-state index is 11.7. The summed E-state index contributed by atoms with van der Waals surface area (Å²) in [5.74, 6) is 0. The second-order valence-corrected chi connectivity index (χ2v) is 5.76. The Bertz CT molecular complexity index is 265. The van der Waals surface area contributed by atoms with Crippen molar-refractivity contribution in [1.29, 1.82) is 0 Å². The summed E-state index contributed by atoms with van der Waals surface area (Å²) in [7, 11) is -1.84. The third-order valence-corrected chi connectivity index (χ3v) is 4.13. The van der Waals surface area contributed by atoms with E-state index in [-0.39, 0.29) is 18.7 Å². The molecular weight excluding hydrogens is 216 g/mol. The largest absolute Gasteiger partial charge is 0.396 e.